The van der Waals surface area contributed by atoms with Gasteiger partial charge < -0.3 is 10.3 Å². The molecule has 0 bridgehead atoms. The summed E-state index contributed by atoms with van der Waals surface area (Å²) in [5.41, 5.74) is 11.0. The molecular weight excluding hydrogens is 468 g/mol. The monoisotopic (exact) mass is 496 g/mol. The Kier molecular flexibility index (Phi) is 6.37. The minimum atomic E-state index is -3.50. The van der Waals surface area contributed by atoms with Crippen LogP contribution in [-0.4, -0.2) is 18.9 Å². The summed E-state index contributed by atoms with van der Waals surface area (Å²) >= 11 is 0. The van der Waals surface area contributed by atoms with Crippen LogP contribution in [-0.2, 0) is 28.6 Å². The third-order valence-electron chi connectivity index (χ3n) is 6.65. The Morgan fingerprint density at radius 3 is 2.28 bits per heavy atom. The van der Waals surface area contributed by atoms with Gasteiger partial charge in [-0.1, -0.05) is 74.0 Å². The molecular formula is C30H28N2O3S. The molecule has 5 aromatic rings. The zero-order valence-corrected chi connectivity index (χ0v) is 21.0. The standard InChI is InChI=1S/C30H28N2O3S/c1-2-9-21-16-17-25-28(18-21)32(27-15-8-14-26(29(25)27)30(31)33)19-22-10-6-7-11-23(22)20-36(34,35)24-12-4-3-5-13-24/h3-8,10-18H,2,9,19-20H2,1H3,(H2,31,33). The van der Waals surface area contributed by atoms with Gasteiger partial charge in [0, 0.05) is 28.4 Å². The number of hydrogen-bond acceptors (Lipinski definition) is 3. The van der Waals surface area contributed by atoms with Crippen LogP contribution in [0.5, 0.6) is 0 Å². The fraction of sp³-hybridized carbons (Fsp3) is 0.167. The van der Waals surface area contributed by atoms with Crippen molar-refractivity contribution in [1.82, 2.24) is 4.57 Å². The second-order valence-corrected chi connectivity index (χ2v) is 11.1. The zero-order chi connectivity index (χ0) is 25.3. The van der Waals surface area contributed by atoms with E-state index < -0.39 is 15.7 Å². The lowest BCUT2D eigenvalue weighted by molar-refractivity contribution is 0.100. The molecule has 0 saturated heterocycles. The van der Waals surface area contributed by atoms with Gasteiger partial charge in [0.1, 0.15) is 0 Å². The number of nitrogens with zero attached hydrogens (tertiary/aromatic N) is 1. The number of carbonyl (C=O) groups excluding carboxylic acids is 1. The summed E-state index contributed by atoms with van der Waals surface area (Å²) in [6, 6.07) is 28.1. The molecule has 36 heavy (non-hydrogen) atoms. The second kappa shape index (κ2) is 9.63. The molecule has 0 radical (unpaired) electrons. The maximum absolute atomic E-state index is 13.2. The molecule has 0 spiro atoms. The van der Waals surface area contributed by atoms with Crippen LogP contribution in [0.3, 0.4) is 0 Å². The molecule has 4 aromatic carbocycles. The summed E-state index contributed by atoms with van der Waals surface area (Å²) in [4.78, 5) is 12.6. The van der Waals surface area contributed by atoms with Crippen LogP contribution < -0.4 is 5.73 Å². The highest BCUT2D eigenvalue weighted by Crippen LogP contribution is 2.34. The quantitative estimate of drug-likeness (QED) is 0.292. The van der Waals surface area contributed by atoms with Gasteiger partial charge in [-0.05, 0) is 53.4 Å². The van der Waals surface area contributed by atoms with Crippen LogP contribution in [0.15, 0.2) is 95.9 Å². The van der Waals surface area contributed by atoms with E-state index in [0.29, 0.717) is 17.0 Å². The van der Waals surface area contributed by atoms with Crippen molar-refractivity contribution in [3.05, 3.63) is 113 Å². The van der Waals surface area contributed by atoms with Crippen LogP contribution in [0.2, 0.25) is 0 Å². The van der Waals surface area contributed by atoms with E-state index in [2.05, 4.69) is 29.7 Å². The third-order valence-corrected chi connectivity index (χ3v) is 8.34. The number of aromatic nitrogens is 1. The number of aryl methyl sites for hydroxylation is 1. The lowest BCUT2D eigenvalue weighted by atomic mass is 10.0. The molecule has 0 fully saturated rings. The minimum absolute atomic E-state index is 0.0854. The predicted molar refractivity (Wildman–Crippen MR) is 145 cm³/mol. The van der Waals surface area contributed by atoms with Crippen molar-refractivity contribution in [2.75, 3.05) is 0 Å². The molecule has 2 N–H and O–H groups in total. The number of rotatable bonds is 8. The molecule has 1 aromatic heterocycles. The zero-order valence-electron chi connectivity index (χ0n) is 20.1. The van der Waals surface area contributed by atoms with Crippen molar-refractivity contribution in [3.63, 3.8) is 0 Å². The SMILES string of the molecule is CCCc1ccc2c3c(C(N)=O)cccc3n(Cc3ccccc3CS(=O)(=O)c3ccccc3)c2c1. The number of hydrogen-bond donors (Lipinski definition) is 1. The summed E-state index contributed by atoms with van der Waals surface area (Å²) < 4.78 is 28.5. The van der Waals surface area contributed by atoms with Gasteiger partial charge in [-0.15, -0.1) is 0 Å². The van der Waals surface area contributed by atoms with E-state index in [9.17, 15) is 13.2 Å². The van der Waals surface area contributed by atoms with Gasteiger partial charge in [0.15, 0.2) is 9.84 Å². The lowest BCUT2D eigenvalue weighted by Gasteiger charge is -2.14. The largest absolute Gasteiger partial charge is 0.366 e. The number of carbonyl (C=O) groups is 1. The van der Waals surface area contributed by atoms with Gasteiger partial charge in [-0.25, -0.2) is 8.42 Å². The number of primary amides is 1. The van der Waals surface area contributed by atoms with Crippen molar-refractivity contribution in [1.29, 1.82) is 0 Å². The topological polar surface area (TPSA) is 82.2 Å². The molecule has 0 saturated carbocycles. The average molecular weight is 497 g/mol. The Morgan fingerprint density at radius 2 is 1.56 bits per heavy atom. The molecule has 0 unspecified atom stereocenters. The first-order valence-electron chi connectivity index (χ1n) is 12.1. The highest BCUT2D eigenvalue weighted by atomic mass is 32.2. The van der Waals surface area contributed by atoms with Crippen LogP contribution in [0, 0.1) is 0 Å². The van der Waals surface area contributed by atoms with Crippen molar-refractivity contribution in [2.45, 2.75) is 37.0 Å². The van der Waals surface area contributed by atoms with E-state index >= 15 is 0 Å². The van der Waals surface area contributed by atoms with Crippen LogP contribution in [0.25, 0.3) is 21.8 Å². The summed E-state index contributed by atoms with van der Waals surface area (Å²) in [7, 11) is -3.50. The minimum Gasteiger partial charge on any atom is -0.366 e. The molecule has 0 aliphatic rings. The maximum Gasteiger partial charge on any atom is 0.249 e. The van der Waals surface area contributed by atoms with Gasteiger partial charge in [0.05, 0.1) is 16.2 Å². The van der Waals surface area contributed by atoms with Crippen molar-refractivity contribution < 1.29 is 13.2 Å². The van der Waals surface area contributed by atoms with E-state index in [-0.39, 0.29) is 5.75 Å². The number of benzene rings is 4. The highest BCUT2D eigenvalue weighted by Gasteiger charge is 2.20. The van der Waals surface area contributed by atoms with Gasteiger partial charge in [-0.3, -0.25) is 4.79 Å². The second-order valence-electron chi connectivity index (χ2n) is 9.09. The van der Waals surface area contributed by atoms with Gasteiger partial charge >= 0.3 is 0 Å². The predicted octanol–water partition coefficient (Wildman–Crippen LogP) is 5.87. The van der Waals surface area contributed by atoms with E-state index in [4.69, 9.17) is 5.73 Å². The van der Waals surface area contributed by atoms with Gasteiger partial charge in [0.2, 0.25) is 5.91 Å². The van der Waals surface area contributed by atoms with Gasteiger partial charge in [-0.2, -0.15) is 0 Å². The van der Waals surface area contributed by atoms with E-state index in [1.165, 1.54) is 5.56 Å². The molecule has 1 amide bonds. The maximum atomic E-state index is 13.2. The Labute approximate surface area is 211 Å². The van der Waals surface area contributed by atoms with Crippen LogP contribution in [0.1, 0.15) is 40.4 Å². The molecule has 0 aliphatic carbocycles. The molecule has 182 valence electrons. The Morgan fingerprint density at radius 1 is 0.833 bits per heavy atom. The molecule has 0 aliphatic heterocycles. The molecule has 1 heterocycles. The molecule has 0 atom stereocenters. The Balaban J connectivity index is 1.66. The van der Waals surface area contributed by atoms with Crippen molar-refractivity contribution in [3.8, 4) is 0 Å². The summed E-state index contributed by atoms with van der Waals surface area (Å²) in [5, 5.41) is 1.80. The Bertz CT molecular complexity index is 1690. The molecule has 5 nitrogen and oxygen atoms in total. The first-order chi connectivity index (χ1) is 17.4. The summed E-state index contributed by atoms with van der Waals surface area (Å²) in [6.45, 7) is 2.62. The number of sulfone groups is 1. The first kappa shape index (κ1) is 23.8. The van der Waals surface area contributed by atoms with E-state index in [0.717, 1.165) is 45.8 Å². The van der Waals surface area contributed by atoms with E-state index in [1.807, 2.05) is 42.5 Å². The fourth-order valence-electron chi connectivity index (χ4n) is 4.95. The normalized spacial score (nSPS) is 11.8. The third kappa shape index (κ3) is 4.40. The lowest BCUT2D eigenvalue weighted by Crippen LogP contribution is -2.11. The fourth-order valence-corrected chi connectivity index (χ4v) is 6.38. The summed E-state index contributed by atoms with van der Waals surface area (Å²) in [5.74, 6) is -0.551. The van der Waals surface area contributed by atoms with Crippen LogP contribution >= 0.6 is 0 Å². The summed E-state index contributed by atoms with van der Waals surface area (Å²) in [6.07, 6.45) is 1.98. The molecule has 5 rings (SSSR count). The number of nitrogens with two attached hydrogens (primary N) is 1. The van der Waals surface area contributed by atoms with Crippen molar-refractivity contribution >= 4 is 37.6 Å². The smallest absolute Gasteiger partial charge is 0.249 e. The van der Waals surface area contributed by atoms with Crippen LogP contribution in [0.4, 0.5) is 0 Å². The van der Waals surface area contributed by atoms with E-state index in [1.54, 1.807) is 30.3 Å². The number of fused-ring (bicyclic) bond motifs is 3. The molecule has 6 heteroatoms. The Hall–Kier alpha value is -3.90. The van der Waals surface area contributed by atoms with Gasteiger partial charge in [0.25, 0.3) is 0 Å². The first-order valence-corrected chi connectivity index (χ1v) is 13.7. The van der Waals surface area contributed by atoms with Crippen molar-refractivity contribution in [2.24, 2.45) is 5.73 Å². The number of amides is 1. The highest BCUT2D eigenvalue weighted by molar-refractivity contribution is 7.90. The average Bonchev–Trinajstić information content (AvgIpc) is 3.18.